The van der Waals surface area contributed by atoms with Crippen molar-refractivity contribution in [3.05, 3.63) is 23.4 Å². The summed E-state index contributed by atoms with van der Waals surface area (Å²) in [6, 6.07) is 5.23. The molecular weight excluding hydrogens is 246 g/mol. The Hall–Kier alpha value is -1.09. The van der Waals surface area contributed by atoms with Gasteiger partial charge in [-0.15, -0.1) is 0 Å². The molecule has 0 amide bonds. The Kier molecular flexibility index (Phi) is 5.41. The summed E-state index contributed by atoms with van der Waals surface area (Å²) in [4.78, 5) is 7.41. The maximum absolute atomic E-state index is 4.87. The van der Waals surface area contributed by atoms with E-state index in [0.717, 1.165) is 31.5 Å². The molecule has 0 saturated heterocycles. The van der Waals surface area contributed by atoms with Gasteiger partial charge < -0.3 is 10.2 Å². The highest BCUT2D eigenvalue weighted by molar-refractivity contribution is 5.45. The Bertz CT molecular complexity index is 424. The SMILES string of the molecule is CCc1cc(CNC)cc(N(CCC(C)C)C2CC2)n1. The fraction of sp³-hybridized carbons (Fsp3) is 0.706. The van der Waals surface area contributed by atoms with E-state index in [1.165, 1.54) is 36.3 Å². The topological polar surface area (TPSA) is 28.2 Å². The molecule has 0 aliphatic heterocycles. The van der Waals surface area contributed by atoms with Crippen molar-refractivity contribution in [2.24, 2.45) is 5.92 Å². The monoisotopic (exact) mass is 275 g/mol. The second-order valence-electron chi connectivity index (χ2n) is 6.32. The van der Waals surface area contributed by atoms with Gasteiger partial charge in [0.1, 0.15) is 5.82 Å². The van der Waals surface area contributed by atoms with Crippen LogP contribution in [-0.2, 0) is 13.0 Å². The number of hydrogen-bond donors (Lipinski definition) is 1. The summed E-state index contributed by atoms with van der Waals surface area (Å²) in [7, 11) is 2.00. The fourth-order valence-corrected chi connectivity index (χ4v) is 2.54. The van der Waals surface area contributed by atoms with Gasteiger partial charge >= 0.3 is 0 Å². The van der Waals surface area contributed by atoms with E-state index in [4.69, 9.17) is 4.98 Å². The smallest absolute Gasteiger partial charge is 0.129 e. The maximum Gasteiger partial charge on any atom is 0.129 e. The van der Waals surface area contributed by atoms with Crippen LogP contribution in [0.2, 0.25) is 0 Å². The molecule has 1 heterocycles. The number of anilines is 1. The van der Waals surface area contributed by atoms with Crippen molar-refractivity contribution in [3.8, 4) is 0 Å². The first-order valence-corrected chi connectivity index (χ1v) is 8.05. The lowest BCUT2D eigenvalue weighted by atomic mass is 10.1. The quantitative estimate of drug-likeness (QED) is 0.788. The fourth-order valence-electron chi connectivity index (χ4n) is 2.54. The van der Waals surface area contributed by atoms with Crippen molar-refractivity contribution >= 4 is 5.82 Å². The first-order chi connectivity index (χ1) is 9.63. The summed E-state index contributed by atoms with van der Waals surface area (Å²) >= 11 is 0. The van der Waals surface area contributed by atoms with Crippen LogP contribution < -0.4 is 10.2 Å². The predicted molar refractivity (Wildman–Crippen MR) is 86.2 cm³/mol. The second kappa shape index (κ2) is 7.07. The molecule has 0 unspecified atom stereocenters. The number of hydrogen-bond acceptors (Lipinski definition) is 3. The van der Waals surface area contributed by atoms with Crippen LogP contribution >= 0.6 is 0 Å². The van der Waals surface area contributed by atoms with Gasteiger partial charge in [-0.1, -0.05) is 20.8 Å². The number of nitrogens with zero attached hydrogens (tertiary/aromatic N) is 2. The van der Waals surface area contributed by atoms with Gasteiger partial charge in [0, 0.05) is 24.8 Å². The van der Waals surface area contributed by atoms with Gasteiger partial charge in [0.05, 0.1) is 0 Å². The molecule has 112 valence electrons. The molecule has 0 spiro atoms. The number of pyridine rings is 1. The molecule has 0 aromatic carbocycles. The van der Waals surface area contributed by atoms with Crippen molar-refractivity contribution in [3.63, 3.8) is 0 Å². The van der Waals surface area contributed by atoms with E-state index in [0.29, 0.717) is 0 Å². The van der Waals surface area contributed by atoms with Gasteiger partial charge in [0.2, 0.25) is 0 Å². The van der Waals surface area contributed by atoms with Crippen molar-refractivity contribution in [2.75, 3.05) is 18.5 Å². The summed E-state index contributed by atoms with van der Waals surface area (Å²) in [5.74, 6) is 1.94. The lowest BCUT2D eigenvalue weighted by Crippen LogP contribution is -2.29. The first kappa shape index (κ1) is 15.3. The van der Waals surface area contributed by atoms with Crippen LogP contribution in [-0.4, -0.2) is 24.6 Å². The average Bonchev–Trinajstić information content (AvgIpc) is 3.23. The van der Waals surface area contributed by atoms with E-state index in [9.17, 15) is 0 Å². The highest BCUT2D eigenvalue weighted by atomic mass is 15.2. The van der Waals surface area contributed by atoms with E-state index < -0.39 is 0 Å². The third kappa shape index (κ3) is 4.20. The maximum atomic E-state index is 4.87. The normalized spacial score (nSPS) is 14.8. The molecule has 0 bridgehead atoms. The van der Waals surface area contributed by atoms with Crippen molar-refractivity contribution in [1.82, 2.24) is 10.3 Å². The van der Waals surface area contributed by atoms with E-state index >= 15 is 0 Å². The van der Waals surface area contributed by atoms with Crippen LogP contribution in [0, 0.1) is 5.92 Å². The van der Waals surface area contributed by atoms with E-state index in [-0.39, 0.29) is 0 Å². The number of aryl methyl sites for hydroxylation is 1. The third-order valence-electron chi connectivity index (χ3n) is 3.90. The molecule has 1 aliphatic rings. The van der Waals surface area contributed by atoms with Gasteiger partial charge in [-0.25, -0.2) is 4.98 Å². The van der Waals surface area contributed by atoms with Crippen LogP contribution in [0.15, 0.2) is 12.1 Å². The Balaban J connectivity index is 2.19. The van der Waals surface area contributed by atoms with Crippen molar-refractivity contribution in [1.29, 1.82) is 0 Å². The number of nitrogens with one attached hydrogen (secondary N) is 1. The molecule has 3 nitrogen and oxygen atoms in total. The average molecular weight is 275 g/mol. The van der Waals surface area contributed by atoms with Gasteiger partial charge in [0.15, 0.2) is 0 Å². The first-order valence-electron chi connectivity index (χ1n) is 8.05. The summed E-state index contributed by atoms with van der Waals surface area (Å²) < 4.78 is 0. The molecule has 1 aromatic heterocycles. The zero-order valence-electron chi connectivity index (χ0n) is 13.4. The van der Waals surface area contributed by atoms with Crippen molar-refractivity contribution < 1.29 is 0 Å². The molecule has 2 rings (SSSR count). The highest BCUT2D eigenvalue weighted by Gasteiger charge is 2.30. The standard InChI is InChI=1S/C17H29N3/c1-5-15-10-14(12-18-4)11-17(19-15)20(16-6-7-16)9-8-13(2)3/h10-11,13,16,18H,5-9,12H2,1-4H3. The van der Waals surface area contributed by atoms with Gasteiger partial charge in [-0.05, 0) is 56.3 Å². The number of rotatable bonds is 8. The molecule has 0 radical (unpaired) electrons. The van der Waals surface area contributed by atoms with Crippen LogP contribution in [0.5, 0.6) is 0 Å². The summed E-state index contributed by atoms with van der Waals surface area (Å²) in [6.45, 7) is 8.85. The van der Waals surface area contributed by atoms with Crippen LogP contribution in [0.3, 0.4) is 0 Å². The van der Waals surface area contributed by atoms with Crippen molar-refractivity contribution in [2.45, 2.75) is 59.0 Å². The summed E-state index contributed by atoms with van der Waals surface area (Å²) in [5.41, 5.74) is 2.56. The summed E-state index contributed by atoms with van der Waals surface area (Å²) in [5, 5.41) is 3.25. The van der Waals surface area contributed by atoms with Gasteiger partial charge in [-0.3, -0.25) is 0 Å². The van der Waals surface area contributed by atoms with E-state index in [1.807, 2.05) is 7.05 Å². The lowest BCUT2D eigenvalue weighted by molar-refractivity contribution is 0.568. The zero-order chi connectivity index (χ0) is 14.5. The minimum Gasteiger partial charge on any atom is -0.354 e. The Morgan fingerprint density at radius 1 is 1.35 bits per heavy atom. The van der Waals surface area contributed by atoms with Crippen LogP contribution in [0.25, 0.3) is 0 Å². The molecule has 20 heavy (non-hydrogen) atoms. The molecule has 1 aromatic rings. The minimum atomic E-state index is 0.732. The van der Waals surface area contributed by atoms with Gasteiger partial charge in [-0.2, -0.15) is 0 Å². The molecule has 0 atom stereocenters. The zero-order valence-corrected chi connectivity index (χ0v) is 13.4. The van der Waals surface area contributed by atoms with E-state index in [2.05, 4.69) is 43.1 Å². The molecule has 1 aliphatic carbocycles. The van der Waals surface area contributed by atoms with Crippen LogP contribution in [0.4, 0.5) is 5.82 Å². The third-order valence-corrected chi connectivity index (χ3v) is 3.90. The summed E-state index contributed by atoms with van der Waals surface area (Å²) in [6.07, 6.45) is 4.91. The lowest BCUT2D eigenvalue weighted by Gasteiger charge is -2.25. The largest absolute Gasteiger partial charge is 0.354 e. The van der Waals surface area contributed by atoms with Crippen LogP contribution in [0.1, 0.15) is 51.3 Å². The van der Waals surface area contributed by atoms with E-state index in [1.54, 1.807) is 0 Å². The Labute approximate surface area is 123 Å². The number of aromatic nitrogens is 1. The predicted octanol–water partition coefficient (Wildman–Crippen LogP) is 3.38. The molecular formula is C17H29N3. The second-order valence-corrected chi connectivity index (χ2v) is 6.32. The molecule has 1 fully saturated rings. The van der Waals surface area contributed by atoms with Gasteiger partial charge in [0.25, 0.3) is 0 Å². The Morgan fingerprint density at radius 2 is 2.10 bits per heavy atom. The molecule has 1 N–H and O–H groups in total. The molecule has 1 saturated carbocycles. The Morgan fingerprint density at radius 3 is 2.65 bits per heavy atom. The molecule has 3 heteroatoms. The minimum absolute atomic E-state index is 0.732. The highest BCUT2D eigenvalue weighted by Crippen LogP contribution is 2.32.